The van der Waals surface area contributed by atoms with Crippen LogP contribution in [-0.2, 0) is 6.42 Å². The van der Waals surface area contributed by atoms with Gasteiger partial charge in [0.2, 0.25) is 0 Å². The minimum atomic E-state index is -1.00. The number of aromatic nitrogens is 1. The zero-order chi connectivity index (χ0) is 17.8. The maximum atomic E-state index is 13.6. The normalized spacial score (nSPS) is 12.1. The van der Waals surface area contributed by atoms with Crippen LogP contribution >= 0.6 is 0 Å². The van der Waals surface area contributed by atoms with Gasteiger partial charge in [0.15, 0.2) is 0 Å². The number of aliphatic hydroxyl groups is 1. The Balaban J connectivity index is 1.65. The molecule has 2 aromatic carbocycles. The van der Waals surface area contributed by atoms with E-state index >= 15 is 0 Å². The molecule has 3 aromatic rings. The summed E-state index contributed by atoms with van der Waals surface area (Å²) in [5.74, 6) is -1.82. The van der Waals surface area contributed by atoms with Crippen molar-refractivity contribution in [3.8, 4) is 0 Å². The lowest BCUT2D eigenvalue weighted by atomic mass is 10.1. The van der Waals surface area contributed by atoms with Crippen molar-refractivity contribution >= 4 is 16.7 Å². The predicted molar refractivity (Wildman–Crippen MR) is 90.1 cm³/mol. The number of amides is 1. The van der Waals surface area contributed by atoms with Crippen molar-refractivity contribution in [1.82, 2.24) is 10.3 Å². The molecule has 0 saturated carbocycles. The molecule has 0 unspecified atom stereocenters. The highest BCUT2D eigenvalue weighted by atomic mass is 19.1. The van der Waals surface area contributed by atoms with Crippen molar-refractivity contribution < 1.29 is 18.7 Å². The SMILES string of the molecule is O=C(NC[C@@H](O)Cc1ccc(F)cc1F)c1nccc2ccccc12. The van der Waals surface area contributed by atoms with Crippen molar-refractivity contribution in [1.29, 1.82) is 0 Å². The Morgan fingerprint density at radius 1 is 1.16 bits per heavy atom. The Hall–Kier alpha value is -2.86. The van der Waals surface area contributed by atoms with Gasteiger partial charge in [-0.1, -0.05) is 30.3 Å². The number of benzene rings is 2. The van der Waals surface area contributed by atoms with E-state index in [0.29, 0.717) is 5.39 Å². The molecule has 128 valence electrons. The lowest BCUT2D eigenvalue weighted by Gasteiger charge is -2.13. The number of halogens is 2. The maximum absolute atomic E-state index is 13.6. The lowest BCUT2D eigenvalue weighted by Crippen LogP contribution is -2.33. The number of pyridine rings is 1. The van der Waals surface area contributed by atoms with Crippen molar-refractivity contribution in [2.75, 3.05) is 6.54 Å². The van der Waals surface area contributed by atoms with Crippen LogP contribution in [0.1, 0.15) is 16.1 Å². The summed E-state index contributed by atoms with van der Waals surface area (Å²) in [4.78, 5) is 16.4. The molecule has 3 rings (SSSR count). The van der Waals surface area contributed by atoms with Gasteiger partial charge >= 0.3 is 0 Å². The van der Waals surface area contributed by atoms with Crippen molar-refractivity contribution in [2.24, 2.45) is 0 Å². The standard InChI is InChI=1S/C19H16F2N2O2/c20-14-6-5-13(17(21)10-14)9-15(24)11-23-19(25)18-16-4-2-1-3-12(16)7-8-22-18/h1-8,10,15,24H,9,11H2,(H,23,25)/t15-/m0/s1. The molecule has 0 spiro atoms. The Labute approximate surface area is 143 Å². The Morgan fingerprint density at radius 2 is 1.96 bits per heavy atom. The first-order valence-electron chi connectivity index (χ1n) is 7.78. The van der Waals surface area contributed by atoms with Crippen LogP contribution in [0, 0.1) is 11.6 Å². The van der Waals surface area contributed by atoms with Gasteiger partial charge in [0.05, 0.1) is 6.10 Å². The van der Waals surface area contributed by atoms with Gasteiger partial charge < -0.3 is 10.4 Å². The molecule has 0 bridgehead atoms. The number of hydrogen-bond acceptors (Lipinski definition) is 3. The zero-order valence-corrected chi connectivity index (χ0v) is 13.2. The van der Waals surface area contributed by atoms with Crippen LogP contribution in [-0.4, -0.2) is 28.6 Å². The fourth-order valence-corrected chi connectivity index (χ4v) is 2.61. The first-order chi connectivity index (χ1) is 12.0. The largest absolute Gasteiger partial charge is 0.391 e. The van der Waals surface area contributed by atoms with E-state index in [1.54, 1.807) is 18.3 Å². The molecule has 1 amide bonds. The third-order valence-corrected chi connectivity index (χ3v) is 3.86. The van der Waals surface area contributed by atoms with Crippen molar-refractivity contribution in [3.63, 3.8) is 0 Å². The van der Waals surface area contributed by atoms with Crippen LogP contribution in [0.5, 0.6) is 0 Å². The molecule has 25 heavy (non-hydrogen) atoms. The van der Waals surface area contributed by atoms with E-state index in [1.807, 2.05) is 18.2 Å². The summed E-state index contributed by atoms with van der Waals surface area (Å²) in [6.45, 7) is -0.0689. The Kier molecular flexibility index (Phi) is 5.00. The average molecular weight is 342 g/mol. The van der Waals surface area contributed by atoms with Gasteiger partial charge in [0.1, 0.15) is 17.3 Å². The van der Waals surface area contributed by atoms with Gasteiger partial charge in [0.25, 0.3) is 5.91 Å². The first kappa shape index (κ1) is 17.0. The number of nitrogens with one attached hydrogen (secondary N) is 1. The van der Waals surface area contributed by atoms with E-state index in [9.17, 15) is 18.7 Å². The van der Waals surface area contributed by atoms with Gasteiger partial charge in [-0.3, -0.25) is 9.78 Å². The second-order valence-electron chi connectivity index (χ2n) is 5.68. The summed E-state index contributed by atoms with van der Waals surface area (Å²) in [6.07, 6.45) is 0.510. The molecule has 1 atom stereocenters. The highest BCUT2D eigenvalue weighted by Gasteiger charge is 2.15. The highest BCUT2D eigenvalue weighted by Crippen LogP contribution is 2.16. The monoisotopic (exact) mass is 342 g/mol. The molecule has 0 fully saturated rings. The quantitative estimate of drug-likeness (QED) is 0.749. The second kappa shape index (κ2) is 7.36. The van der Waals surface area contributed by atoms with Gasteiger partial charge in [-0.05, 0) is 23.1 Å². The summed E-state index contributed by atoms with van der Waals surface area (Å²) in [5.41, 5.74) is 0.449. The van der Waals surface area contributed by atoms with E-state index in [0.717, 1.165) is 17.5 Å². The summed E-state index contributed by atoms with van der Waals surface area (Å²) >= 11 is 0. The first-order valence-corrected chi connectivity index (χ1v) is 7.78. The van der Waals surface area contributed by atoms with Crippen molar-refractivity contribution in [2.45, 2.75) is 12.5 Å². The van der Waals surface area contributed by atoms with Gasteiger partial charge in [-0.25, -0.2) is 8.78 Å². The lowest BCUT2D eigenvalue weighted by molar-refractivity contribution is 0.0912. The minimum absolute atomic E-state index is 0.0324. The third kappa shape index (κ3) is 3.97. The van der Waals surface area contributed by atoms with E-state index < -0.39 is 23.6 Å². The van der Waals surface area contributed by atoms with Crippen LogP contribution in [0.4, 0.5) is 8.78 Å². The number of carbonyl (C=O) groups excluding carboxylic acids is 1. The minimum Gasteiger partial charge on any atom is -0.391 e. The summed E-state index contributed by atoms with van der Waals surface area (Å²) in [5, 5.41) is 14.2. The average Bonchev–Trinajstić information content (AvgIpc) is 2.61. The number of aliphatic hydroxyl groups excluding tert-OH is 1. The molecule has 1 heterocycles. The van der Waals surface area contributed by atoms with E-state index in [2.05, 4.69) is 10.3 Å². The molecular formula is C19H16F2N2O2. The fraction of sp³-hybridized carbons (Fsp3) is 0.158. The van der Waals surface area contributed by atoms with Gasteiger partial charge in [0, 0.05) is 30.6 Å². The van der Waals surface area contributed by atoms with Crippen LogP contribution in [0.25, 0.3) is 10.8 Å². The van der Waals surface area contributed by atoms with E-state index in [1.165, 1.54) is 6.07 Å². The molecule has 0 saturated heterocycles. The summed E-state index contributed by atoms with van der Waals surface area (Å²) in [6, 6.07) is 12.3. The Bertz CT molecular complexity index is 910. The zero-order valence-electron chi connectivity index (χ0n) is 13.2. The van der Waals surface area contributed by atoms with Crippen LogP contribution in [0.2, 0.25) is 0 Å². The van der Waals surface area contributed by atoms with Gasteiger partial charge in [-0.15, -0.1) is 0 Å². The molecule has 0 aliphatic heterocycles. The van der Waals surface area contributed by atoms with Gasteiger partial charge in [-0.2, -0.15) is 0 Å². The van der Waals surface area contributed by atoms with E-state index in [4.69, 9.17) is 0 Å². The molecular weight excluding hydrogens is 326 g/mol. The fourth-order valence-electron chi connectivity index (χ4n) is 2.61. The molecule has 2 N–H and O–H groups in total. The molecule has 0 radical (unpaired) electrons. The molecule has 6 heteroatoms. The third-order valence-electron chi connectivity index (χ3n) is 3.86. The maximum Gasteiger partial charge on any atom is 0.270 e. The molecule has 1 aromatic heterocycles. The smallest absolute Gasteiger partial charge is 0.270 e. The molecule has 0 aliphatic carbocycles. The highest BCUT2D eigenvalue weighted by molar-refractivity contribution is 6.05. The predicted octanol–water partition coefficient (Wildman–Crippen LogP) is 2.85. The second-order valence-corrected chi connectivity index (χ2v) is 5.68. The number of carbonyl (C=O) groups is 1. The summed E-state index contributed by atoms with van der Waals surface area (Å²) < 4.78 is 26.5. The van der Waals surface area contributed by atoms with Crippen LogP contribution in [0.15, 0.2) is 54.7 Å². The molecule has 4 nitrogen and oxygen atoms in total. The Morgan fingerprint density at radius 3 is 2.76 bits per heavy atom. The number of fused-ring (bicyclic) bond motifs is 1. The van der Waals surface area contributed by atoms with Crippen LogP contribution in [0.3, 0.4) is 0 Å². The number of rotatable bonds is 5. The number of nitrogens with zero attached hydrogens (tertiary/aromatic N) is 1. The van der Waals surface area contributed by atoms with Crippen molar-refractivity contribution in [3.05, 3.63) is 77.6 Å². The number of hydrogen-bond donors (Lipinski definition) is 2. The summed E-state index contributed by atoms with van der Waals surface area (Å²) in [7, 11) is 0. The molecule has 0 aliphatic rings. The van der Waals surface area contributed by atoms with E-state index in [-0.39, 0.29) is 24.2 Å². The van der Waals surface area contributed by atoms with Crippen LogP contribution < -0.4 is 5.32 Å². The topological polar surface area (TPSA) is 62.2 Å².